The molecule has 0 N–H and O–H groups in total. The molecule has 20 heavy (non-hydrogen) atoms. The second kappa shape index (κ2) is 5.01. The largest absolute Gasteiger partial charge is 0.457 e. The molecule has 0 aliphatic carbocycles. The first kappa shape index (κ1) is 12.2. The van der Waals surface area contributed by atoms with Crippen molar-refractivity contribution in [3.05, 3.63) is 66.7 Å². The second-order valence-electron chi connectivity index (χ2n) is 4.18. The van der Waals surface area contributed by atoms with Crippen LogP contribution in [0.3, 0.4) is 0 Å². The van der Waals surface area contributed by atoms with Gasteiger partial charge in [-0.05, 0) is 42.5 Å². The Bertz CT molecular complexity index is 657. The van der Waals surface area contributed by atoms with Crippen LogP contribution < -0.4 is 9.64 Å². The normalized spacial score (nSPS) is 13.9. The number of carbonyl (C=O) groups excluding carboxylic acids is 2. The summed E-state index contributed by atoms with van der Waals surface area (Å²) in [6, 6.07) is 16.8. The van der Waals surface area contributed by atoms with Crippen molar-refractivity contribution < 1.29 is 14.3 Å². The van der Waals surface area contributed by atoms with Gasteiger partial charge in [-0.25, -0.2) is 4.90 Å². The van der Waals surface area contributed by atoms with Gasteiger partial charge < -0.3 is 4.74 Å². The molecule has 0 unspecified atom stereocenters. The molecule has 1 aliphatic heterocycles. The number of benzene rings is 2. The van der Waals surface area contributed by atoms with Crippen molar-refractivity contribution in [3.63, 3.8) is 0 Å². The molecule has 1 aliphatic rings. The first-order valence-corrected chi connectivity index (χ1v) is 6.04. The highest BCUT2D eigenvalue weighted by Crippen LogP contribution is 2.25. The standard InChI is InChI=1S/C16H10NO3/c18-15-10-11-16(19)17(15)12-6-8-14(9-7-12)20-13-4-2-1-3-5-13/h2-11H. The van der Waals surface area contributed by atoms with E-state index >= 15 is 0 Å². The topological polar surface area (TPSA) is 46.6 Å². The number of ether oxygens (including phenoxy) is 1. The number of hydrogen-bond acceptors (Lipinski definition) is 3. The lowest BCUT2D eigenvalue weighted by atomic mass is 10.2. The minimum absolute atomic E-state index is 0.331. The van der Waals surface area contributed by atoms with Gasteiger partial charge in [0, 0.05) is 12.2 Å². The summed E-state index contributed by atoms with van der Waals surface area (Å²) in [6.07, 6.45) is 2.51. The zero-order valence-electron chi connectivity index (χ0n) is 10.4. The summed E-state index contributed by atoms with van der Waals surface area (Å²) in [4.78, 5) is 24.2. The predicted octanol–water partition coefficient (Wildman–Crippen LogP) is 2.71. The number of nitrogens with zero attached hydrogens (tertiary/aromatic N) is 1. The second-order valence-corrected chi connectivity index (χ2v) is 4.18. The van der Waals surface area contributed by atoms with E-state index in [4.69, 9.17) is 4.74 Å². The average Bonchev–Trinajstić information content (AvgIpc) is 2.81. The molecule has 3 rings (SSSR count). The van der Waals surface area contributed by atoms with E-state index in [1.807, 2.05) is 0 Å². The van der Waals surface area contributed by atoms with E-state index in [0.29, 0.717) is 17.2 Å². The van der Waals surface area contributed by atoms with Crippen molar-refractivity contribution in [1.82, 2.24) is 0 Å². The molecule has 0 saturated heterocycles. The highest BCUT2D eigenvalue weighted by Gasteiger charge is 2.24. The van der Waals surface area contributed by atoms with E-state index in [1.54, 1.807) is 48.5 Å². The summed E-state index contributed by atoms with van der Waals surface area (Å²) in [6.45, 7) is 0. The van der Waals surface area contributed by atoms with Gasteiger partial charge in [0.05, 0.1) is 5.69 Å². The molecule has 4 heteroatoms. The molecular formula is C16H10NO3. The predicted molar refractivity (Wildman–Crippen MR) is 73.4 cm³/mol. The van der Waals surface area contributed by atoms with Crippen LogP contribution in [0.25, 0.3) is 0 Å². The smallest absolute Gasteiger partial charge is 0.258 e. The van der Waals surface area contributed by atoms with Crippen LogP contribution in [0.2, 0.25) is 0 Å². The zero-order chi connectivity index (χ0) is 13.9. The average molecular weight is 264 g/mol. The summed E-state index contributed by atoms with van der Waals surface area (Å²) in [7, 11) is 0. The maximum atomic E-state index is 11.5. The van der Waals surface area contributed by atoms with Crippen LogP contribution in [0.4, 0.5) is 5.69 Å². The molecule has 2 amide bonds. The Labute approximate surface area is 115 Å². The van der Waals surface area contributed by atoms with Crippen LogP contribution in [0.15, 0.2) is 60.7 Å². The Kier molecular flexibility index (Phi) is 3.05. The fraction of sp³-hybridized carbons (Fsp3) is 0. The molecule has 2 aromatic rings. The zero-order valence-corrected chi connectivity index (χ0v) is 10.4. The third-order valence-corrected chi connectivity index (χ3v) is 2.83. The van der Waals surface area contributed by atoms with Crippen LogP contribution >= 0.6 is 0 Å². The van der Waals surface area contributed by atoms with Crippen molar-refractivity contribution in [2.24, 2.45) is 0 Å². The number of imide groups is 1. The quantitative estimate of drug-likeness (QED) is 0.801. The van der Waals surface area contributed by atoms with Gasteiger partial charge in [0.15, 0.2) is 0 Å². The maximum Gasteiger partial charge on any atom is 0.258 e. The Hall–Kier alpha value is -2.88. The lowest BCUT2D eigenvalue weighted by Gasteiger charge is -2.14. The van der Waals surface area contributed by atoms with Gasteiger partial charge in [0.2, 0.25) is 0 Å². The number of rotatable bonds is 3. The molecule has 0 atom stereocenters. The maximum absolute atomic E-state index is 11.5. The molecule has 1 radical (unpaired) electrons. The SMILES string of the molecule is O=C1C=CC(=O)N1c1ccc(Oc2cc[c]cc2)cc1. The molecule has 0 spiro atoms. The fourth-order valence-corrected chi connectivity index (χ4v) is 1.89. The van der Waals surface area contributed by atoms with Crippen LogP contribution in [0, 0.1) is 6.07 Å². The van der Waals surface area contributed by atoms with Crippen molar-refractivity contribution in [2.75, 3.05) is 4.90 Å². The number of anilines is 1. The Morgan fingerprint density at radius 1 is 0.800 bits per heavy atom. The van der Waals surface area contributed by atoms with E-state index < -0.39 is 0 Å². The highest BCUT2D eigenvalue weighted by molar-refractivity contribution is 6.28. The molecule has 2 aromatic carbocycles. The third-order valence-electron chi connectivity index (χ3n) is 2.83. The Balaban J connectivity index is 1.78. The number of carbonyl (C=O) groups is 2. The van der Waals surface area contributed by atoms with E-state index in [1.165, 1.54) is 12.2 Å². The van der Waals surface area contributed by atoms with Crippen molar-refractivity contribution >= 4 is 17.5 Å². The fourth-order valence-electron chi connectivity index (χ4n) is 1.89. The Morgan fingerprint density at radius 2 is 1.35 bits per heavy atom. The summed E-state index contributed by atoms with van der Waals surface area (Å²) in [5, 5.41) is 0. The third kappa shape index (κ3) is 2.31. The molecule has 0 fully saturated rings. The first-order chi connectivity index (χ1) is 9.74. The minimum Gasteiger partial charge on any atom is -0.457 e. The van der Waals surface area contributed by atoms with Crippen molar-refractivity contribution in [3.8, 4) is 11.5 Å². The van der Waals surface area contributed by atoms with Crippen LogP contribution in [-0.4, -0.2) is 11.8 Å². The summed E-state index contributed by atoms with van der Waals surface area (Å²) < 4.78 is 5.63. The van der Waals surface area contributed by atoms with E-state index in [2.05, 4.69) is 6.07 Å². The van der Waals surface area contributed by atoms with Gasteiger partial charge in [-0.1, -0.05) is 12.1 Å². The summed E-state index contributed by atoms with van der Waals surface area (Å²) in [5.74, 6) is 0.669. The van der Waals surface area contributed by atoms with Gasteiger partial charge in [0.25, 0.3) is 11.8 Å². The van der Waals surface area contributed by atoms with Gasteiger partial charge in [-0.15, -0.1) is 0 Å². The minimum atomic E-state index is -0.331. The summed E-state index contributed by atoms with van der Waals surface area (Å²) in [5.41, 5.74) is 0.527. The van der Waals surface area contributed by atoms with Gasteiger partial charge in [-0.2, -0.15) is 0 Å². The molecule has 1 heterocycles. The van der Waals surface area contributed by atoms with Crippen molar-refractivity contribution in [2.45, 2.75) is 0 Å². The van der Waals surface area contributed by atoms with E-state index in [0.717, 1.165) is 4.90 Å². The molecule has 0 bridgehead atoms. The monoisotopic (exact) mass is 264 g/mol. The molecule has 0 aromatic heterocycles. The van der Waals surface area contributed by atoms with Gasteiger partial charge in [-0.3, -0.25) is 9.59 Å². The van der Waals surface area contributed by atoms with Crippen LogP contribution in [-0.2, 0) is 9.59 Å². The van der Waals surface area contributed by atoms with Crippen molar-refractivity contribution in [1.29, 1.82) is 0 Å². The lowest BCUT2D eigenvalue weighted by molar-refractivity contribution is -0.119. The Morgan fingerprint density at radius 3 is 1.95 bits per heavy atom. The lowest BCUT2D eigenvalue weighted by Crippen LogP contribution is -2.29. The van der Waals surface area contributed by atoms with Crippen LogP contribution in [0.1, 0.15) is 0 Å². The van der Waals surface area contributed by atoms with E-state index in [9.17, 15) is 9.59 Å². The number of hydrogen-bond donors (Lipinski definition) is 0. The van der Waals surface area contributed by atoms with E-state index in [-0.39, 0.29) is 11.8 Å². The van der Waals surface area contributed by atoms with Crippen LogP contribution in [0.5, 0.6) is 11.5 Å². The molecule has 97 valence electrons. The van der Waals surface area contributed by atoms with Gasteiger partial charge in [0.1, 0.15) is 11.5 Å². The molecular weight excluding hydrogens is 254 g/mol. The molecule has 0 saturated carbocycles. The summed E-state index contributed by atoms with van der Waals surface area (Å²) >= 11 is 0. The number of amides is 2. The van der Waals surface area contributed by atoms with Gasteiger partial charge >= 0.3 is 0 Å². The molecule has 4 nitrogen and oxygen atoms in total. The highest BCUT2D eigenvalue weighted by atomic mass is 16.5. The first-order valence-electron chi connectivity index (χ1n) is 6.04.